The van der Waals surface area contributed by atoms with Crippen LogP contribution in [0.5, 0.6) is 5.75 Å². The summed E-state index contributed by atoms with van der Waals surface area (Å²) in [5.41, 5.74) is 2.56. The lowest BCUT2D eigenvalue weighted by Gasteiger charge is -2.10. The standard InChI is InChI=1S/C19H18O/c1-4-9-17-15(5-2)12-13-18(20)19(17)14(3)16-10-7-6-8-11-16/h4-13,20H,1,3H2,2H3/b15-5-,17-9+. The van der Waals surface area contributed by atoms with Crippen molar-refractivity contribution >= 4 is 17.7 Å². The molecule has 0 bridgehead atoms. The topological polar surface area (TPSA) is 20.2 Å². The highest BCUT2D eigenvalue weighted by Crippen LogP contribution is 2.24. The summed E-state index contributed by atoms with van der Waals surface area (Å²) >= 11 is 0. The second-order valence-electron chi connectivity index (χ2n) is 4.50. The Morgan fingerprint density at radius 1 is 1.10 bits per heavy atom. The molecule has 0 saturated heterocycles. The Kier molecular flexibility index (Phi) is 4.21. The zero-order valence-corrected chi connectivity index (χ0v) is 11.6. The Morgan fingerprint density at radius 2 is 1.80 bits per heavy atom. The van der Waals surface area contributed by atoms with Crippen molar-refractivity contribution in [3.05, 3.63) is 83.3 Å². The summed E-state index contributed by atoms with van der Waals surface area (Å²) in [7, 11) is 0. The lowest BCUT2D eigenvalue weighted by molar-refractivity contribution is 0.473. The van der Waals surface area contributed by atoms with E-state index in [9.17, 15) is 5.11 Å². The largest absolute Gasteiger partial charge is 0.507 e. The van der Waals surface area contributed by atoms with E-state index in [1.807, 2.05) is 55.5 Å². The summed E-state index contributed by atoms with van der Waals surface area (Å²) in [6.07, 6.45) is 5.64. The fraction of sp³-hybridized carbons (Fsp3) is 0.0526. The van der Waals surface area contributed by atoms with Gasteiger partial charge in [-0.15, -0.1) is 0 Å². The molecule has 0 heterocycles. The quantitative estimate of drug-likeness (QED) is 0.900. The van der Waals surface area contributed by atoms with Crippen LogP contribution in [0.2, 0.25) is 0 Å². The molecule has 0 spiro atoms. The smallest absolute Gasteiger partial charge is 0.124 e. The van der Waals surface area contributed by atoms with Gasteiger partial charge in [0.15, 0.2) is 0 Å². The van der Waals surface area contributed by atoms with E-state index in [4.69, 9.17) is 0 Å². The molecular weight excluding hydrogens is 244 g/mol. The molecular formula is C19H18O. The fourth-order valence-corrected chi connectivity index (χ4v) is 2.27. The van der Waals surface area contributed by atoms with Crippen LogP contribution in [0.3, 0.4) is 0 Å². The van der Waals surface area contributed by atoms with E-state index in [2.05, 4.69) is 13.2 Å². The minimum absolute atomic E-state index is 0.234. The molecule has 0 saturated carbocycles. The first-order valence-electron chi connectivity index (χ1n) is 6.54. The predicted octanol–water partition coefficient (Wildman–Crippen LogP) is 3.22. The minimum atomic E-state index is 0.234. The number of phenolic OH excluding ortho intramolecular Hbond substituents is 1. The number of hydrogen-bond donors (Lipinski definition) is 1. The maximum atomic E-state index is 10.2. The molecule has 0 atom stereocenters. The van der Waals surface area contributed by atoms with Gasteiger partial charge in [-0.1, -0.05) is 67.8 Å². The normalized spacial score (nSPS) is 12.4. The average molecular weight is 262 g/mol. The van der Waals surface area contributed by atoms with E-state index in [1.54, 1.807) is 12.1 Å². The number of hydrogen-bond acceptors (Lipinski definition) is 1. The van der Waals surface area contributed by atoms with Gasteiger partial charge < -0.3 is 5.11 Å². The molecule has 2 aromatic rings. The lowest BCUT2D eigenvalue weighted by atomic mass is 9.95. The minimum Gasteiger partial charge on any atom is -0.507 e. The summed E-state index contributed by atoms with van der Waals surface area (Å²) in [6.45, 7) is 9.87. The molecule has 2 rings (SSSR count). The van der Waals surface area contributed by atoms with Crippen molar-refractivity contribution in [1.29, 1.82) is 0 Å². The lowest BCUT2D eigenvalue weighted by Crippen LogP contribution is -2.27. The highest BCUT2D eigenvalue weighted by Gasteiger charge is 2.09. The second-order valence-corrected chi connectivity index (χ2v) is 4.50. The first-order valence-corrected chi connectivity index (χ1v) is 6.54. The van der Waals surface area contributed by atoms with Gasteiger partial charge in [0, 0.05) is 5.56 Å². The number of rotatable bonds is 3. The van der Waals surface area contributed by atoms with E-state index in [-0.39, 0.29) is 5.75 Å². The maximum Gasteiger partial charge on any atom is 0.124 e. The van der Waals surface area contributed by atoms with E-state index < -0.39 is 0 Å². The van der Waals surface area contributed by atoms with Crippen LogP contribution in [0.25, 0.3) is 17.7 Å². The maximum absolute atomic E-state index is 10.2. The third-order valence-corrected chi connectivity index (χ3v) is 3.28. The van der Waals surface area contributed by atoms with Crippen molar-refractivity contribution in [3.63, 3.8) is 0 Å². The van der Waals surface area contributed by atoms with Crippen LogP contribution in [-0.2, 0) is 0 Å². The highest BCUT2D eigenvalue weighted by atomic mass is 16.3. The van der Waals surface area contributed by atoms with Crippen LogP contribution in [0, 0.1) is 0 Å². The zero-order valence-electron chi connectivity index (χ0n) is 11.6. The van der Waals surface area contributed by atoms with E-state index in [0.29, 0.717) is 0 Å². The van der Waals surface area contributed by atoms with E-state index in [0.717, 1.165) is 27.1 Å². The molecule has 20 heavy (non-hydrogen) atoms. The molecule has 0 aliphatic rings. The Labute approximate surface area is 119 Å². The van der Waals surface area contributed by atoms with Gasteiger partial charge in [0.2, 0.25) is 0 Å². The molecule has 0 radical (unpaired) electrons. The molecule has 0 aliphatic heterocycles. The fourth-order valence-electron chi connectivity index (χ4n) is 2.27. The van der Waals surface area contributed by atoms with Crippen molar-refractivity contribution in [2.24, 2.45) is 0 Å². The molecule has 1 nitrogen and oxygen atoms in total. The van der Waals surface area contributed by atoms with Crippen LogP contribution < -0.4 is 10.4 Å². The van der Waals surface area contributed by atoms with Gasteiger partial charge in [-0.25, -0.2) is 0 Å². The Bertz CT molecular complexity index is 752. The van der Waals surface area contributed by atoms with Crippen LogP contribution in [0.4, 0.5) is 0 Å². The van der Waals surface area contributed by atoms with Gasteiger partial charge in [0.25, 0.3) is 0 Å². The van der Waals surface area contributed by atoms with Gasteiger partial charge in [-0.05, 0) is 34.6 Å². The summed E-state index contributed by atoms with van der Waals surface area (Å²) in [6, 6.07) is 13.5. The molecule has 2 aromatic carbocycles. The molecule has 0 amide bonds. The molecule has 0 aliphatic carbocycles. The molecule has 100 valence electrons. The van der Waals surface area contributed by atoms with Crippen LogP contribution in [0.15, 0.2) is 61.7 Å². The Hall–Kier alpha value is -2.54. The summed E-state index contributed by atoms with van der Waals surface area (Å²) < 4.78 is 0. The molecule has 1 N–H and O–H groups in total. The Morgan fingerprint density at radius 3 is 2.40 bits per heavy atom. The number of benzene rings is 2. The van der Waals surface area contributed by atoms with Crippen LogP contribution in [-0.4, -0.2) is 5.11 Å². The Balaban J connectivity index is 2.78. The first-order chi connectivity index (χ1) is 9.69. The van der Waals surface area contributed by atoms with Gasteiger partial charge in [-0.3, -0.25) is 0 Å². The van der Waals surface area contributed by atoms with E-state index in [1.165, 1.54) is 0 Å². The van der Waals surface area contributed by atoms with Gasteiger partial charge in [-0.2, -0.15) is 0 Å². The molecule has 1 heteroatoms. The SMILES string of the molecule is C=C/C=c1/c(C(=C)c2ccccc2)c(O)cc/c1=C/C. The number of aromatic hydroxyl groups is 1. The van der Waals surface area contributed by atoms with Crippen molar-refractivity contribution in [2.45, 2.75) is 6.92 Å². The average Bonchev–Trinajstić information content (AvgIpc) is 2.48. The third kappa shape index (κ3) is 2.57. The molecule has 0 fully saturated rings. The predicted molar refractivity (Wildman–Crippen MR) is 86.7 cm³/mol. The third-order valence-electron chi connectivity index (χ3n) is 3.28. The van der Waals surface area contributed by atoms with Crippen molar-refractivity contribution < 1.29 is 5.11 Å². The van der Waals surface area contributed by atoms with Crippen molar-refractivity contribution in [2.75, 3.05) is 0 Å². The first kappa shape index (κ1) is 13.9. The van der Waals surface area contributed by atoms with Crippen molar-refractivity contribution in [1.82, 2.24) is 0 Å². The summed E-state index contributed by atoms with van der Waals surface area (Å²) in [5.74, 6) is 0.234. The summed E-state index contributed by atoms with van der Waals surface area (Å²) in [4.78, 5) is 0. The number of allylic oxidation sites excluding steroid dienone is 1. The molecule has 0 unspecified atom stereocenters. The van der Waals surface area contributed by atoms with E-state index >= 15 is 0 Å². The monoisotopic (exact) mass is 262 g/mol. The van der Waals surface area contributed by atoms with Gasteiger partial charge >= 0.3 is 0 Å². The van der Waals surface area contributed by atoms with Crippen LogP contribution in [0.1, 0.15) is 18.1 Å². The number of phenols is 1. The van der Waals surface area contributed by atoms with Crippen molar-refractivity contribution in [3.8, 4) is 5.75 Å². The zero-order chi connectivity index (χ0) is 14.5. The van der Waals surface area contributed by atoms with Gasteiger partial charge in [0.1, 0.15) is 5.75 Å². The molecule has 0 aromatic heterocycles. The van der Waals surface area contributed by atoms with Gasteiger partial charge in [0.05, 0.1) is 0 Å². The summed E-state index contributed by atoms with van der Waals surface area (Å²) in [5, 5.41) is 12.2. The second kappa shape index (κ2) is 6.07. The highest BCUT2D eigenvalue weighted by molar-refractivity contribution is 5.82. The van der Waals surface area contributed by atoms with Crippen LogP contribution >= 0.6 is 0 Å².